The summed E-state index contributed by atoms with van der Waals surface area (Å²) >= 11 is 0.125. The Morgan fingerprint density at radius 3 is 2.58 bits per heavy atom. The molecular formula is C8H10FNOS. The third-order valence-corrected chi connectivity index (χ3v) is 1.82. The number of hydrogen-bond donors (Lipinski definition) is 2. The number of phenolic OH excluding ortho intramolecular Hbond substituents is 1. The van der Waals surface area contributed by atoms with Gasteiger partial charge < -0.3 is 5.11 Å². The predicted octanol–water partition coefficient (Wildman–Crippen LogP) is 2.06. The van der Waals surface area contributed by atoms with E-state index in [9.17, 15) is 3.89 Å². The van der Waals surface area contributed by atoms with Crippen molar-refractivity contribution in [3.8, 4) is 5.75 Å². The zero-order chi connectivity index (χ0) is 8.81. The van der Waals surface area contributed by atoms with Crippen LogP contribution in [0.15, 0.2) is 24.3 Å². The van der Waals surface area contributed by atoms with Gasteiger partial charge in [-0.15, -0.1) is 3.89 Å². The van der Waals surface area contributed by atoms with Gasteiger partial charge in [0.1, 0.15) is 18.1 Å². The summed E-state index contributed by atoms with van der Waals surface area (Å²) < 4.78 is 14.0. The van der Waals surface area contributed by atoms with Crippen molar-refractivity contribution in [2.75, 3.05) is 6.54 Å². The molecule has 0 bridgehead atoms. The van der Waals surface area contributed by atoms with Gasteiger partial charge >= 0.3 is 0 Å². The summed E-state index contributed by atoms with van der Waals surface area (Å²) in [6.07, 6.45) is 0.761. The summed E-state index contributed by atoms with van der Waals surface area (Å²) in [5.74, 6) is 0.256. The number of halogens is 1. The molecule has 2 N–H and O–H groups in total. The molecular weight excluding hydrogens is 177 g/mol. The number of benzene rings is 1. The number of hydrogen-bond acceptors (Lipinski definition) is 3. The van der Waals surface area contributed by atoms with E-state index in [2.05, 4.69) is 4.72 Å². The average Bonchev–Trinajstić information content (AvgIpc) is 2.09. The first-order valence-electron chi connectivity index (χ1n) is 3.61. The van der Waals surface area contributed by atoms with Crippen LogP contribution < -0.4 is 4.72 Å². The Morgan fingerprint density at radius 2 is 2.00 bits per heavy atom. The fourth-order valence-corrected chi connectivity index (χ4v) is 1.08. The van der Waals surface area contributed by atoms with Crippen molar-refractivity contribution in [1.82, 2.24) is 4.72 Å². The van der Waals surface area contributed by atoms with Crippen LogP contribution in [0.3, 0.4) is 0 Å². The highest BCUT2D eigenvalue weighted by molar-refractivity contribution is 7.92. The van der Waals surface area contributed by atoms with Crippen molar-refractivity contribution < 1.29 is 8.99 Å². The highest BCUT2D eigenvalue weighted by Gasteiger charge is 1.92. The maximum atomic E-state index is 11.5. The van der Waals surface area contributed by atoms with Crippen LogP contribution in [0.5, 0.6) is 5.75 Å². The van der Waals surface area contributed by atoms with Crippen LogP contribution in [-0.4, -0.2) is 11.7 Å². The van der Waals surface area contributed by atoms with Crippen molar-refractivity contribution in [2.24, 2.45) is 0 Å². The topological polar surface area (TPSA) is 32.3 Å². The van der Waals surface area contributed by atoms with Crippen LogP contribution in [0.25, 0.3) is 0 Å². The summed E-state index contributed by atoms with van der Waals surface area (Å²) in [5, 5.41) is 8.95. The Balaban J connectivity index is 2.37. The van der Waals surface area contributed by atoms with E-state index in [0.717, 1.165) is 12.0 Å². The second-order valence-electron chi connectivity index (χ2n) is 2.39. The molecule has 0 aliphatic heterocycles. The molecule has 2 nitrogen and oxygen atoms in total. The maximum Gasteiger partial charge on any atom is 0.131 e. The predicted molar refractivity (Wildman–Crippen MR) is 48.5 cm³/mol. The van der Waals surface area contributed by atoms with Crippen LogP contribution in [0, 0.1) is 0 Å². The minimum Gasteiger partial charge on any atom is -0.508 e. The van der Waals surface area contributed by atoms with E-state index < -0.39 is 0 Å². The summed E-state index contributed by atoms with van der Waals surface area (Å²) in [4.78, 5) is 0. The van der Waals surface area contributed by atoms with Crippen LogP contribution in [0.1, 0.15) is 5.56 Å². The molecule has 1 aromatic rings. The van der Waals surface area contributed by atoms with Crippen LogP contribution in [0.2, 0.25) is 0 Å². The quantitative estimate of drug-likeness (QED) is 0.559. The van der Waals surface area contributed by atoms with Gasteiger partial charge in [-0.05, 0) is 24.1 Å². The number of rotatable bonds is 4. The SMILES string of the molecule is Oc1ccc(CCNSF)cc1. The van der Waals surface area contributed by atoms with E-state index in [1.165, 1.54) is 0 Å². The molecule has 1 aromatic carbocycles. The molecule has 0 aromatic heterocycles. The lowest BCUT2D eigenvalue weighted by molar-refractivity contribution is 0.475. The molecule has 0 fully saturated rings. The summed E-state index contributed by atoms with van der Waals surface area (Å²) in [6.45, 7) is 0.589. The van der Waals surface area contributed by atoms with Crippen LogP contribution in [0.4, 0.5) is 3.89 Å². The average molecular weight is 187 g/mol. The number of nitrogens with one attached hydrogen (secondary N) is 1. The van der Waals surface area contributed by atoms with E-state index in [4.69, 9.17) is 5.11 Å². The van der Waals surface area contributed by atoms with Gasteiger partial charge in [0.25, 0.3) is 0 Å². The van der Waals surface area contributed by atoms with Gasteiger partial charge in [0.05, 0.1) is 0 Å². The standard InChI is InChI=1S/C8H10FNOS/c9-12-10-6-5-7-1-3-8(11)4-2-7/h1-4,10-11H,5-6H2. The third kappa shape index (κ3) is 3.11. The van der Waals surface area contributed by atoms with Gasteiger partial charge in [-0.1, -0.05) is 12.1 Å². The highest BCUT2D eigenvalue weighted by atomic mass is 32.2. The first-order valence-corrected chi connectivity index (χ1v) is 4.33. The molecule has 0 saturated carbocycles. The maximum absolute atomic E-state index is 11.5. The minimum atomic E-state index is 0.125. The monoisotopic (exact) mass is 187 g/mol. The van der Waals surface area contributed by atoms with Gasteiger partial charge in [-0.2, -0.15) is 0 Å². The van der Waals surface area contributed by atoms with Crippen LogP contribution in [-0.2, 0) is 6.42 Å². The van der Waals surface area contributed by atoms with E-state index in [1.54, 1.807) is 12.1 Å². The summed E-state index contributed by atoms with van der Waals surface area (Å²) in [7, 11) is 0. The number of aromatic hydroxyl groups is 1. The van der Waals surface area contributed by atoms with Crippen molar-refractivity contribution in [3.63, 3.8) is 0 Å². The smallest absolute Gasteiger partial charge is 0.131 e. The Labute approximate surface area is 75.2 Å². The molecule has 0 aliphatic rings. The van der Waals surface area contributed by atoms with Crippen molar-refractivity contribution in [2.45, 2.75) is 6.42 Å². The molecule has 0 aliphatic carbocycles. The molecule has 0 saturated heterocycles. The summed E-state index contributed by atoms with van der Waals surface area (Å²) in [6, 6.07) is 6.88. The van der Waals surface area contributed by atoms with Crippen molar-refractivity contribution in [3.05, 3.63) is 29.8 Å². The van der Waals surface area contributed by atoms with Gasteiger partial charge in [-0.3, -0.25) is 0 Å². The Kier molecular flexibility index (Phi) is 3.90. The van der Waals surface area contributed by atoms with Crippen LogP contribution >= 0.6 is 12.3 Å². The lowest BCUT2D eigenvalue weighted by atomic mass is 10.1. The van der Waals surface area contributed by atoms with Gasteiger partial charge in [-0.25, -0.2) is 4.72 Å². The molecule has 0 radical (unpaired) electrons. The zero-order valence-electron chi connectivity index (χ0n) is 6.46. The Hall–Kier alpha value is -0.740. The lowest BCUT2D eigenvalue weighted by Gasteiger charge is -1.99. The fraction of sp³-hybridized carbons (Fsp3) is 0.250. The van der Waals surface area contributed by atoms with E-state index in [-0.39, 0.29) is 18.1 Å². The Bertz CT molecular complexity index is 227. The molecule has 4 heteroatoms. The Morgan fingerprint density at radius 1 is 1.33 bits per heavy atom. The van der Waals surface area contributed by atoms with Gasteiger partial charge in [0, 0.05) is 6.54 Å². The molecule has 0 spiro atoms. The van der Waals surface area contributed by atoms with E-state index in [0.29, 0.717) is 6.54 Å². The second-order valence-corrected chi connectivity index (χ2v) is 2.83. The van der Waals surface area contributed by atoms with E-state index >= 15 is 0 Å². The first-order chi connectivity index (χ1) is 5.83. The van der Waals surface area contributed by atoms with Crippen molar-refractivity contribution >= 4 is 12.3 Å². The molecule has 0 atom stereocenters. The molecule has 12 heavy (non-hydrogen) atoms. The highest BCUT2D eigenvalue weighted by Crippen LogP contribution is 2.09. The normalized spacial score (nSPS) is 10.1. The largest absolute Gasteiger partial charge is 0.508 e. The second kappa shape index (κ2) is 5.00. The molecule has 66 valence electrons. The first kappa shape index (κ1) is 9.35. The molecule has 1 rings (SSSR count). The van der Waals surface area contributed by atoms with Gasteiger partial charge in [0.2, 0.25) is 0 Å². The van der Waals surface area contributed by atoms with E-state index in [1.807, 2.05) is 12.1 Å². The zero-order valence-corrected chi connectivity index (χ0v) is 7.27. The fourth-order valence-electron chi connectivity index (χ4n) is 0.897. The molecule has 0 unspecified atom stereocenters. The number of phenols is 1. The molecule has 0 heterocycles. The van der Waals surface area contributed by atoms with Gasteiger partial charge in [0.15, 0.2) is 0 Å². The third-order valence-electron chi connectivity index (χ3n) is 1.51. The minimum absolute atomic E-state index is 0.125. The summed E-state index contributed by atoms with van der Waals surface area (Å²) in [5.41, 5.74) is 1.08. The van der Waals surface area contributed by atoms with Crippen molar-refractivity contribution in [1.29, 1.82) is 0 Å². The lowest BCUT2D eigenvalue weighted by Crippen LogP contribution is -2.06. The molecule has 0 amide bonds.